The van der Waals surface area contributed by atoms with E-state index >= 15 is 0 Å². The maximum Gasteiger partial charge on any atom is 0.326 e. The first-order chi connectivity index (χ1) is 12.7. The number of phenols is 1. The fourth-order valence-corrected chi connectivity index (χ4v) is 1.99. The molecular weight excluding hydrogens is 344 g/mol. The molecule has 0 spiro atoms. The smallest absolute Gasteiger partial charge is 0.326 e. The molecule has 1 rings (SSSR count). The number of carboxylic acid groups (broad SMARTS) is 1. The summed E-state index contributed by atoms with van der Waals surface area (Å²) in [4.78, 5) is 46.3. The number of nitrogens with two attached hydrogens (primary N) is 1. The Bertz CT molecular complexity index is 682. The Hall–Kier alpha value is -3.14. The van der Waals surface area contributed by atoms with E-state index in [1.54, 1.807) is 0 Å². The number of hydrogen-bond acceptors (Lipinski definition) is 6. The van der Waals surface area contributed by atoms with Crippen molar-refractivity contribution in [3.63, 3.8) is 0 Å². The average molecular weight is 367 g/mol. The molecule has 7 N–H and O–H groups in total. The molecule has 3 amide bonds. The van der Waals surface area contributed by atoms with Crippen LogP contribution in [0.3, 0.4) is 0 Å². The van der Waals surface area contributed by atoms with Gasteiger partial charge in [0.2, 0.25) is 17.7 Å². The Morgan fingerprint density at radius 3 is 2.38 bits per heavy atom. The minimum absolute atomic E-state index is 0.00187. The summed E-state index contributed by atoms with van der Waals surface area (Å²) in [6, 6.07) is 3.75. The fourth-order valence-electron chi connectivity index (χ4n) is 1.99. The fraction of sp³-hybridized carbons (Fsp3) is 0.375. The van der Waals surface area contributed by atoms with E-state index in [9.17, 15) is 29.4 Å². The van der Waals surface area contributed by atoms with Gasteiger partial charge in [-0.05, 0) is 24.6 Å². The van der Waals surface area contributed by atoms with Crippen LogP contribution in [0.2, 0.25) is 1.41 Å². The summed E-state index contributed by atoms with van der Waals surface area (Å²) < 4.78 is 6.69. The van der Waals surface area contributed by atoms with Crippen LogP contribution in [-0.2, 0) is 25.6 Å². The van der Waals surface area contributed by atoms with Crippen molar-refractivity contribution in [3.05, 3.63) is 29.8 Å². The predicted octanol–water partition coefficient (Wildman–Crippen LogP) is -1.92. The van der Waals surface area contributed by atoms with Crippen molar-refractivity contribution in [2.45, 2.75) is 25.4 Å². The van der Waals surface area contributed by atoms with Crippen LogP contribution in [0.5, 0.6) is 5.75 Å². The molecule has 1 aromatic carbocycles. The molecule has 1 aromatic rings. The average Bonchev–Trinajstić information content (AvgIpc) is 2.60. The Kier molecular flexibility index (Phi) is 7.37. The molecule has 0 radical (unpaired) electrons. The van der Waals surface area contributed by atoms with Crippen LogP contribution in [0.15, 0.2) is 24.3 Å². The molecule has 142 valence electrons. The van der Waals surface area contributed by atoms with E-state index in [2.05, 4.69) is 16.0 Å². The van der Waals surface area contributed by atoms with Crippen molar-refractivity contribution in [1.29, 1.82) is 0 Å². The summed E-state index contributed by atoms with van der Waals surface area (Å²) in [6.07, 6.45) is 0.00187. The largest absolute Gasteiger partial charge is 0.508 e. The second-order valence-corrected chi connectivity index (χ2v) is 5.51. The molecule has 0 aliphatic rings. The molecule has 0 fully saturated rings. The third-order valence-electron chi connectivity index (χ3n) is 3.36. The SMILES string of the molecule is [2H]NCC(=O)N[C@@H](C)C(=O)NCC(=O)N[C@@H](Cc1ccc(O)cc1)C(=O)O. The van der Waals surface area contributed by atoms with E-state index < -0.39 is 42.3 Å². The second kappa shape index (κ2) is 9.99. The number of carbonyl (C=O) groups is 4. The number of aromatic hydroxyl groups is 1. The molecule has 0 saturated heterocycles. The maximum absolute atomic E-state index is 11.9. The standard InChI is InChI=1S/C16H22N4O6/c1-9(19-13(22)7-17)15(24)18-8-14(23)20-12(16(25)26)6-10-2-4-11(21)5-3-10/h2-5,9,12,21H,6-8,17H2,1H3,(H,18,24)(H,19,22)(H,20,23)(H,25,26)/t9-,12-/m0/s1/i/hD. The molecule has 0 aliphatic carbocycles. The molecule has 10 heteroatoms. The monoisotopic (exact) mass is 367 g/mol. The van der Waals surface area contributed by atoms with Gasteiger partial charge in [0.05, 0.1) is 13.1 Å². The van der Waals surface area contributed by atoms with Gasteiger partial charge in [0.15, 0.2) is 0 Å². The molecule has 10 nitrogen and oxygen atoms in total. The van der Waals surface area contributed by atoms with Crippen LogP contribution < -0.4 is 21.7 Å². The van der Waals surface area contributed by atoms with Crippen molar-refractivity contribution >= 4 is 23.7 Å². The number of hydrogen-bond donors (Lipinski definition) is 6. The minimum atomic E-state index is -1.24. The van der Waals surface area contributed by atoms with Crippen molar-refractivity contribution < 1.29 is 30.8 Å². The van der Waals surface area contributed by atoms with Crippen LogP contribution in [0.4, 0.5) is 0 Å². The van der Waals surface area contributed by atoms with Gasteiger partial charge in [0.25, 0.3) is 0 Å². The summed E-state index contributed by atoms with van der Waals surface area (Å²) in [5, 5.41) is 25.4. The number of carbonyl (C=O) groups excluding carboxylic acids is 3. The number of rotatable bonds is 10. The quantitative estimate of drug-likeness (QED) is 0.280. The summed E-state index contributed by atoms with van der Waals surface area (Å²) in [5.74, 6) is -3.10. The van der Waals surface area contributed by atoms with Gasteiger partial charge >= 0.3 is 5.97 Å². The lowest BCUT2D eigenvalue weighted by Crippen LogP contribution is -2.50. The number of nitrogens with one attached hydrogen (secondary N) is 3. The first kappa shape index (κ1) is 19.2. The molecule has 0 heterocycles. The van der Waals surface area contributed by atoms with E-state index in [-0.39, 0.29) is 18.7 Å². The molecular formula is C16H22N4O6. The van der Waals surface area contributed by atoms with Gasteiger partial charge < -0.3 is 31.9 Å². The summed E-state index contributed by atoms with van der Waals surface area (Å²) >= 11 is 0. The third-order valence-corrected chi connectivity index (χ3v) is 3.36. The lowest BCUT2D eigenvalue weighted by atomic mass is 10.1. The van der Waals surface area contributed by atoms with Gasteiger partial charge in [-0.25, -0.2) is 4.79 Å². The number of phenolic OH excluding ortho intramolecular Hbond substituents is 1. The van der Waals surface area contributed by atoms with E-state index in [1.807, 2.05) is 5.73 Å². The van der Waals surface area contributed by atoms with Gasteiger partial charge in [0, 0.05) is 6.42 Å². The lowest BCUT2D eigenvalue weighted by Gasteiger charge is -2.16. The van der Waals surface area contributed by atoms with Gasteiger partial charge in [-0.15, -0.1) is 0 Å². The number of amides is 3. The summed E-state index contributed by atoms with van der Waals surface area (Å²) in [7, 11) is 0. The molecule has 0 bridgehead atoms. The Labute approximate surface area is 151 Å². The van der Waals surface area contributed by atoms with E-state index in [0.29, 0.717) is 5.56 Å². The van der Waals surface area contributed by atoms with Crippen LogP contribution in [-0.4, -0.2) is 59.1 Å². The summed E-state index contributed by atoms with van der Waals surface area (Å²) in [5.41, 5.74) is 2.49. The minimum Gasteiger partial charge on any atom is -0.508 e. The van der Waals surface area contributed by atoms with Crippen molar-refractivity contribution in [3.8, 4) is 5.75 Å². The van der Waals surface area contributed by atoms with Crippen molar-refractivity contribution in [2.24, 2.45) is 5.73 Å². The molecule has 0 unspecified atom stereocenters. The highest BCUT2D eigenvalue weighted by molar-refractivity contribution is 5.91. The highest BCUT2D eigenvalue weighted by Gasteiger charge is 2.21. The van der Waals surface area contributed by atoms with Crippen LogP contribution in [0.25, 0.3) is 0 Å². The Morgan fingerprint density at radius 1 is 1.15 bits per heavy atom. The molecule has 26 heavy (non-hydrogen) atoms. The highest BCUT2D eigenvalue weighted by Crippen LogP contribution is 2.11. The first-order valence-electron chi connectivity index (χ1n) is 8.24. The van der Waals surface area contributed by atoms with Gasteiger partial charge in [0.1, 0.15) is 19.2 Å². The van der Waals surface area contributed by atoms with Crippen LogP contribution in [0.1, 0.15) is 12.5 Å². The topological polar surface area (TPSA) is 171 Å². The molecule has 0 aliphatic heterocycles. The zero-order valence-electron chi connectivity index (χ0n) is 15.1. The van der Waals surface area contributed by atoms with Gasteiger partial charge in [-0.3, -0.25) is 14.4 Å². The third kappa shape index (κ3) is 7.18. The number of benzene rings is 1. The van der Waals surface area contributed by atoms with Crippen molar-refractivity contribution in [1.82, 2.24) is 16.0 Å². The molecule has 0 saturated carbocycles. The number of carboxylic acids is 1. The van der Waals surface area contributed by atoms with Gasteiger partial charge in [-0.2, -0.15) is 0 Å². The zero-order valence-corrected chi connectivity index (χ0v) is 14.1. The Balaban J connectivity index is 2.50. The van der Waals surface area contributed by atoms with E-state index in [1.165, 1.54) is 31.2 Å². The van der Waals surface area contributed by atoms with Crippen molar-refractivity contribution in [2.75, 3.05) is 13.1 Å². The first-order valence-corrected chi connectivity index (χ1v) is 7.74. The van der Waals surface area contributed by atoms with Gasteiger partial charge in [-0.1, -0.05) is 12.1 Å². The normalized spacial score (nSPS) is 13.0. The predicted molar refractivity (Wildman–Crippen MR) is 91.0 cm³/mol. The lowest BCUT2D eigenvalue weighted by molar-refractivity contribution is -0.141. The molecule has 0 aromatic heterocycles. The highest BCUT2D eigenvalue weighted by atomic mass is 16.4. The second-order valence-electron chi connectivity index (χ2n) is 5.51. The Morgan fingerprint density at radius 2 is 1.81 bits per heavy atom. The summed E-state index contributed by atoms with van der Waals surface area (Å²) in [6.45, 7) is 0.657. The van der Waals surface area contributed by atoms with Crippen LogP contribution in [0, 0.1) is 0 Å². The zero-order chi connectivity index (χ0) is 20.4. The van der Waals surface area contributed by atoms with E-state index in [0.717, 1.165) is 0 Å². The van der Waals surface area contributed by atoms with Crippen LogP contribution >= 0.6 is 0 Å². The van der Waals surface area contributed by atoms with E-state index in [4.69, 9.17) is 1.41 Å². The molecule has 2 atom stereocenters. The maximum atomic E-state index is 11.9. The number of aliphatic carboxylic acids is 1.